The van der Waals surface area contributed by atoms with E-state index in [0.29, 0.717) is 5.82 Å². The fourth-order valence-electron chi connectivity index (χ4n) is 1.30. The molecule has 0 amide bonds. The van der Waals surface area contributed by atoms with Gasteiger partial charge in [0.2, 0.25) is 0 Å². The zero-order valence-corrected chi connectivity index (χ0v) is 8.85. The fraction of sp³-hybridized carbons (Fsp3) is 0.200. The molecule has 17 heavy (non-hydrogen) atoms. The van der Waals surface area contributed by atoms with Gasteiger partial charge in [-0.3, -0.25) is 0 Å². The van der Waals surface area contributed by atoms with Gasteiger partial charge in [-0.1, -0.05) is 18.2 Å². The average molecular weight is 234 g/mol. The van der Waals surface area contributed by atoms with E-state index in [0.717, 1.165) is 5.69 Å². The van der Waals surface area contributed by atoms with Crippen molar-refractivity contribution >= 4 is 5.97 Å². The lowest BCUT2D eigenvalue weighted by molar-refractivity contribution is -0.142. The number of aliphatic carboxylic acids is 1. The van der Waals surface area contributed by atoms with E-state index < -0.39 is 5.97 Å². The van der Waals surface area contributed by atoms with Gasteiger partial charge >= 0.3 is 5.97 Å². The summed E-state index contributed by atoms with van der Waals surface area (Å²) in [6, 6.07) is 9.29. The SMILES string of the molecule is O=C(O)COCc1nnnn1-c1ccccc1. The zero-order valence-electron chi connectivity index (χ0n) is 8.85. The highest BCUT2D eigenvalue weighted by atomic mass is 16.5. The highest BCUT2D eigenvalue weighted by Crippen LogP contribution is 2.07. The number of ether oxygens (including phenoxy) is 1. The van der Waals surface area contributed by atoms with Crippen LogP contribution >= 0.6 is 0 Å². The molecule has 1 aromatic heterocycles. The first kappa shape index (κ1) is 11.2. The molecule has 1 heterocycles. The monoisotopic (exact) mass is 234 g/mol. The van der Waals surface area contributed by atoms with E-state index in [1.807, 2.05) is 30.3 Å². The van der Waals surface area contributed by atoms with Crippen molar-refractivity contribution in [2.75, 3.05) is 6.61 Å². The maximum absolute atomic E-state index is 10.3. The first-order valence-electron chi connectivity index (χ1n) is 4.89. The summed E-state index contributed by atoms with van der Waals surface area (Å²) in [5, 5.41) is 19.6. The molecule has 2 aromatic rings. The molecule has 1 aromatic carbocycles. The smallest absolute Gasteiger partial charge is 0.329 e. The van der Waals surface area contributed by atoms with Crippen LogP contribution in [0.2, 0.25) is 0 Å². The average Bonchev–Trinajstić information content (AvgIpc) is 2.78. The Hall–Kier alpha value is -2.28. The molecule has 0 radical (unpaired) electrons. The Morgan fingerprint density at radius 3 is 2.82 bits per heavy atom. The van der Waals surface area contributed by atoms with Crippen LogP contribution in [0.4, 0.5) is 0 Å². The maximum atomic E-state index is 10.3. The summed E-state index contributed by atoms with van der Waals surface area (Å²) in [4.78, 5) is 10.3. The largest absolute Gasteiger partial charge is 0.480 e. The van der Waals surface area contributed by atoms with Crippen molar-refractivity contribution in [1.29, 1.82) is 0 Å². The quantitative estimate of drug-likeness (QED) is 0.798. The summed E-state index contributed by atoms with van der Waals surface area (Å²) in [7, 11) is 0. The summed E-state index contributed by atoms with van der Waals surface area (Å²) >= 11 is 0. The minimum Gasteiger partial charge on any atom is -0.480 e. The van der Waals surface area contributed by atoms with Crippen LogP contribution in [0.15, 0.2) is 30.3 Å². The Bertz CT molecular complexity index is 497. The molecular formula is C10H10N4O3. The number of hydrogen-bond acceptors (Lipinski definition) is 5. The van der Waals surface area contributed by atoms with Crippen LogP contribution in [-0.2, 0) is 16.1 Å². The van der Waals surface area contributed by atoms with E-state index in [9.17, 15) is 4.79 Å². The van der Waals surface area contributed by atoms with Crippen molar-refractivity contribution in [1.82, 2.24) is 20.2 Å². The molecule has 0 spiro atoms. The lowest BCUT2D eigenvalue weighted by atomic mass is 10.3. The van der Waals surface area contributed by atoms with Gasteiger partial charge in [0.15, 0.2) is 5.82 Å². The highest BCUT2D eigenvalue weighted by molar-refractivity contribution is 5.67. The van der Waals surface area contributed by atoms with Gasteiger partial charge in [-0.25, -0.2) is 4.79 Å². The van der Waals surface area contributed by atoms with E-state index in [2.05, 4.69) is 15.5 Å². The molecule has 0 atom stereocenters. The van der Waals surface area contributed by atoms with E-state index in [-0.39, 0.29) is 13.2 Å². The third-order valence-corrected chi connectivity index (χ3v) is 1.99. The summed E-state index contributed by atoms with van der Waals surface area (Å²) in [6.07, 6.45) is 0. The summed E-state index contributed by atoms with van der Waals surface area (Å²) in [5.74, 6) is -0.568. The van der Waals surface area contributed by atoms with Crippen molar-refractivity contribution in [2.45, 2.75) is 6.61 Å². The predicted octanol–water partition coefficient (Wildman–Crippen LogP) is 0.263. The maximum Gasteiger partial charge on any atom is 0.329 e. The second-order valence-electron chi connectivity index (χ2n) is 3.23. The van der Waals surface area contributed by atoms with Crippen LogP contribution < -0.4 is 0 Å². The number of aromatic nitrogens is 4. The lowest BCUT2D eigenvalue weighted by Crippen LogP contribution is -2.10. The molecule has 0 aliphatic carbocycles. The zero-order chi connectivity index (χ0) is 12.1. The van der Waals surface area contributed by atoms with Crippen molar-refractivity contribution in [3.63, 3.8) is 0 Å². The third kappa shape index (κ3) is 2.85. The topological polar surface area (TPSA) is 90.1 Å². The Morgan fingerprint density at radius 1 is 1.35 bits per heavy atom. The first-order chi connectivity index (χ1) is 8.27. The van der Waals surface area contributed by atoms with Gasteiger partial charge in [-0.05, 0) is 22.6 Å². The van der Waals surface area contributed by atoms with E-state index >= 15 is 0 Å². The Labute approximate surface area is 96.6 Å². The van der Waals surface area contributed by atoms with Crippen molar-refractivity contribution in [2.24, 2.45) is 0 Å². The van der Waals surface area contributed by atoms with Crippen molar-refractivity contribution in [3.05, 3.63) is 36.2 Å². The Balaban J connectivity index is 2.10. The number of rotatable bonds is 5. The van der Waals surface area contributed by atoms with Crippen molar-refractivity contribution in [3.8, 4) is 5.69 Å². The molecular weight excluding hydrogens is 224 g/mol. The molecule has 0 aliphatic rings. The van der Waals surface area contributed by atoms with Gasteiger partial charge in [0.05, 0.1) is 5.69 Å². The molecule has 7 heteroatoms. The number of carboxylic acids is 1. The van der Waals surface area contributed by atoms with E-state index in [1.165, 1.54) is 4.68 Å². The molecule has 2 rings (SSSR count). The van der Waals surface area contributed by atoms with Gasteiger partial charge < -0.3 is 9.84 Å². The van der Waals surface area contributed by atoms with Crippen LogP contribution in [0.5, 0.6) is 0 Å². The summed E-state index contributed by atoms with van der Waals surface area (Å²) in [5.41, 5.74) is 0.798. The van der Waals surface area contributed by atoms with Crippen LogP contribution in [0.25, 0.3) is 5.69 Å². The Kier molecular flexibility index (Phi) is 3.41. The molecule has 0 aliphatic heterocycles. The van der Waals surface area contributed by atoms with E-state index in [4.69, 9.17) is 9.84 Å². The minimum absolute atomic E-state index is 0.0498. The number of carboxylic acid groups (broad SMARTS) is 1. The number of hydrogen-bond donors (Lipinski definition) is 1. The van der Waals surface area contributed by atoms with Gasteiger partial charge in [0.1, 0.15) is 13.2 Å². The number of tetrazole rings is 1. The number of nitrogens with zero attached hydrogens (tertiary/aromatic N) is 4. The Morgan fingerprint density at radius 2 is 2.12 bits per heavy atom. The minimum atomic E-state index is -1.02. The van der Waals surface area contributed by atoms with Crippen LogP contribution in [0, 0.1) is 0 Å². The van der Waals surface area contributed by atoms with Gasteiger partial charge in [0, 0.05) is 0 Å². The van der Waals surface area contributed by atoms with Gasteiger partial charge in [-0.2, -0.15) is 4.68 Å². The van der Waals surface area contributed by atoms with Crippen molar-refractivity contribution < 1.29 is 14.6 Å². The summed E-state index contributed by atoms with van der Waals surface area (Å²) < 4.78 is 6.44. The molecule has 0 fully saturated rings. The molecule has 0 saturated carbocycles. The van der Waals surface area contributed by atoms with E-state index in [1.54, 1.807) is 0 Å². The molecule has 0 saturated heterocycles. The predicted molar refractivity (Wildman–Crippen MR) is 56.4 cm³/mol. The van der Waals surface area contributed by atoms with Gasteiger partial charge in [-0.15, -0.1) is 5.10 Å². The molecule has 0 unspecified atom stereocenters. The lowest BCUT2D eigenvalue weighted by Gasteiger charge is -2.03. The first-order valence-corrected chi connectivity index (χ1v) is 4.89. The highest BCUT2D eigenvalue weighted by Gasteiger charge is 2.08. The van der Waals surface area contributed by atoms with Crippen LogP contribution in [0.1, 0.15) is 5.82 Å². The normalized spacial score (nSPS) is 10.4. The molecule has 7 nitrogen and oxygen atoms in total. The fourth-order valence-corrected chi connectivity index (χ4v) is 1.30. The van der Waals surface area contributed by atoms with Crippen LogP contribution in [-0.4, -0.2) is 37.9 Å². The van der Waals surface area contributed by atoms with Gasteiger partial charge in [0.25, 0.3) is 0 Å². The second-order valence-corrected chi connectivity index (χ2v) is 3.23. The molecule has 0 bridgehead atoms. The third-order valence-electron chi connectivity index (χ3n) is 1.99. The van der Waals surface area contributed by atoms with Crippen LogP contribution in [0.3, 0.4) is 0 Å². The molecule has 1 N–H and O–H groups in total. The number of para-hydroxylation sites is 1. The standard InChI is InChI=1S/C10H10N4O3/c15-10(16)7-17-6-9-11-12-13-14(9)8-4-2-1-3-5-8/h1-5H,6-7H2,(H,15,16). The number of carbonyl (C=O) groups is 1. The second kappa shape index (κ2) is 5.17. The summed E-state index contributed by atoms with van der Waals surface area (Å²) in [6.45, 7) is -0.324. The number of benzene rings is 1. The molecule has 88 valence electrons.